The molecule has 0 amide bonds. The number of rotatable bonds is 6. The van der Waals surface area contributed by atoms with Gasteiger partial charge in [-0.15, -0.1) is 12.4 Å². The summed E-state index contributed by atoms with van der Waals surface area (Å²) in [7, 11) is 1.64. The monoisotopic (exact) mass is 400 g/mol. The Hall–Kier alpha value is -2.55. The van der Waals surface area contributed by atoms with Crippen LogP contribution in [0.2, 0.25) is 0 Å². The molecule has 0 radical (unpaired) electrons. The zero-order valence-electron chi connectivity index (χ0n) is 15.9. The van der Waals surface area contributed by atoms with Crippen molar-refractivity contribution in [3.05, 3.63) is 65.2 Å². The first-order valence-electron chi connectivity index (χ1n) is 9.18. The van der Waals surface area contributed by atoms with E-state index in [2.05, 4.69) is 11.4 Å². The molecule has 0 unspecified atom stereocenters. The van der Waals surface area contributed by atoms with Crippen LogP contribution in [0.5, 0.6) is 5.75 Å². The molecule has 0 aliphatic heterocycles. The molecule has 0 aromatic heterocycles. The summed E-state index contributed by atoms with van der Waals surface area (Å²) in [6, 6.07) is 17.7. The van der Waals surface area contributed by atoms with E-state index in [0.29, 0.717) is 18.2 Å². The molecule has 5 nitrogen and oxygen atoms in total. The Labute approximate surface area is 171 Å². The predicted octanol–water partition coefficient (Wildman–Crippen LogP) is 4.31. The van der Waals surface area contributed by atoms with Crippen molar-refractivity contribution in [1.29, 1.82) is 5.26 Å². The van der Waals surface area contributed by atoms with Gasteiger partial charge in [0.1, 0.15) is 5.75 Å². The number of carbonyl (C=O) groups is 1. The zero-order chi connectivity index (χ0) is 19.3. The van der Waals surface area contributed by atoms with Crippen molar-refractivity contribution in [3.63, 3.8) is 0 Å². The fraction of sp³-hybridized carbons (Fsp3) is 0.364. The van der Waals surface area contributed by atoms with Gasteiger partial charge in [-0.1, -0.05) is 24.3 Å². The number of halogens is 1. The van der Waals surface area contributed by atoms with Crippen LogP contribution in [-0.4, -0.2) is 24.2 Å². The molecular weight excluding hydrogens is 376 g/mol. The molecule has 148 valence electrons. The van der Waals surface area contributed by atoms with Crippen molar-refractivity contribution in [3.8, 4) is 11.8 Å². The van der Waals surface area contributed by atoms with Gasteiger partial charge in [0, 0.05) is 12.6 Å². The van der Waals surface area contributed by atoms with Crippen molar-refractivity contribution in [2.24, 2.45) is 0 Å². The van der Waals surface area contributed by atoms with E-state index >= 15 is 0 Å². The summed E-state index contributed by atoms with van der Waals surface area (Å²) in [5.41, 5.74) is 1.95. The van der Waals surface area contributed by atoms with Crippen LogP contribution in [0.25, 0.3) is 0 Å². The van der Waals surface area contributed by atoms with Crippen LogP contribution in [0, 0.1) is 11.3 Å². The first kappa shape index (κ1) is 21.7. The van der Waals surface area contributed by atoms with E-state index in [-0.39, 0.29) is 12.4 Å². The Balaban J connectivity index is 0.00000280. The fourth-order valence-corrected chi connectivity index (χ4v) is 3.73. The number of aromatic carboxylic acids is 1. The highest BCUT2D eigenvalue weighted by Gasteiger charge is 2.37. The van der Waals surface area contributed by atoms with Crippen molar-refractivity contribution in [2.75, 3.05) is 7.11 Å². The van der Waals surface area contributed by atoms with E-state index in [1.807, 2.05) is 36.4 Å². The van der Waals surface area contributed by atoms with Crippen molar-refractivity contribution in [2.45, 2.75) is 43.7 Å². The number of hydrogen-bond donors (Lipinski definition) is 2. The molecule has 0 saturated heterocycles. The Morgan fingerprint density at radius 2 is 1.93 bits per heavy atom. The second kappa shape index (κ2) is 9.59. The van der Waals surface area contributed by atoms with Gasteiger partial charge in [0.2, 0.25) is 0 Å². The average Bonchev–Trinajstić information content (AvgIpc) is 2.73. The Morgan fingerprint density at radius 3 is 2.50 bits per heavy atom. The molecule has 1 aliphatic rings. The van der Waals surface area contributed by atoms with Crippen molar-refractivity contribution >= 4 is 18.4 Å². The topological polar surface area (TPSA) is 82.3 Å². The highest BCUT2D eigenvalue weighted by molar-refractivity contribution is 5.87. The van der Waals surface area contributed by atoms with Crippen LogP contribution in [0.15, 0.2) is 48.5 Å². The predicted molar refractivity (Wildman–Crippen MR) is 110 cm³/mol. The lowest BCUT2D eigenvalue weighted by atomic mass is 9.69. The molecule has 2 aromatic carbocycles. The molecule has 1 saturated carbocycles. The summed E-state index contributed by atoms with van der Waals surface area (Å²) >= 11 is 0. The van der Waals surface area contributed by atoms with Gasteiger partial charge in [0.05, 0.1) is 24.2 Å². The fourth-order valence-electron chi connectivity index (χ4n) is 3.73. The number of nitriles is 1. The van der Waals surface area contributed by atoms with Gasteiger partial charge >= 0.3 is 5.97 Å². The van der Waals surface area contributed by atoms with Gasteiger partial charge in [0.25, 0.3) is 0 Å². The summed E-state index contributed by atoms with van der Waals surface area (Å²) in [4.78, 5) is 10.9. The quantitative estimate of drug-likeness (QED) is 0.755. The van der Waals surface area contributed by atoms with Crippen molar-refractivity contribution < 1.29 is 14.6 Å². The summed E-state index contributed by atoms with van der Waals surface area (Å²) in [5, 5.41) is 22.4. The molecule has 2 aromatic rings. The number of methoxy groups -OCH3 is 1. The molecule has 0 bridgehead atoms. The number of carboxylic acids is 1. The zero-order valence-corrected chi connectivity index (χ0v) is 16.7. The molecule has 1 aliphatic carbocycles. The maximum absolute atomic E-state index is 10.9. The maximum atomic E-state index is 10.9. The highest BCUT2D eigenvalue weighted by Crippen LogP contribution is 2.40. The van der Waals surface area contributed by atoms with Crippen LogP contribution in [0.1, 0.15) is 47.2 Å². The SMILES string of the molecule is COc1cccc([C@]2(C#N)CC[C@H](NCc3ccc(C(=O)O)cc3)CC2)c1.Cl. The highest BCUT2D eigenvalue weighted by atomic mass is 35.5. The summed E-state index contributed by atoms with van der Waals surface area (Å²) in [6.45, 7) is 0.698. The van der Waals surface area contributed by atoms with E-state index < -0.39 is 11.4 Å². The number of nitrogens with zero attached hydrogens (tertiary/aromatic N) is 1. The first-order valence-corrected chi connectivity index (χ1v) is 9.18. The van der Waals surface area contributed by atoms with Gasteiger partial charge < -0.3 is 15.2 Å². The number of benzene rings is 2. The molecule has 0 atom stereocenters. The average molecular weight is 401 g/mol. The van der Waals surface area contributed by atoms with Gasteiger partial charge in [-0.3, -0.25) is 0 Å². The first-order chi connectivity index (χ1) is 13.1. The lowest BCUT2D eigenvalue weighted by Gasteiger charge is -2.36. The van der Waals surface area contributed by atoms with Gasteiger partial charge in [-0.2, -0.15) is 5.26 Å². The number of carboxylic acid groups (broad SMARTS) is 1. The Kier molecular flexibility index (Phi) is 7.45. The second-order valence-electron chi connectivity index (χ2n) is 7.08. The van der Waals surface area contributed by atoms with Gasteiger partial charge in [0.15, 0.2) is 0 Å². The van der Waals surface area contributed by atoms with E-state index in [0.717, 1.165) is 42.6 Å². The van der Waals surface area contributed by atoms with Crippen LogP contribution in [0.4, 0.5) is 0 Å². The van der Waals surface area contributed by atoms with E-state index in [1.54, 1.807) is 19.2 Å². The lowest BCUT2D eigenvalue weighted by Crippen LogP contribution is -2.39. The van der Waals surface area contributed by atoms with Crippen molar-refractivity contribution in [1.82, 2.24) is 5.32 Å². The standard InChI is InChI=1S/C22H24N2O3.ClH/c1-27-20-4-2-3-18(13-20)22(15-23)11-9-19(10-12-22)24-14-16-5-7-17(8-6-16)21(25)26;/h2-8,13,19,24H,9-12,14H2,1H3,(H,25,26);1H/t19-,22+;. The maximum Gasteiger partial charge on any atom is 0.335 e. The minimum atomic E-state index is -0.910. The summed E-state index contributed by atoms with van der Waals surface area (Å²) in [6.07, 6.45) is 3.48. The number of ether oxygens (including phenoxy) is 1. The summed E-state index contributed by atoms with van der Waals surface area (Å²) in [5.74, 6) is -0.126. The molecule has 0 heterocycles. The Bertz CT molecular complexity index is 838. The molecule has 1 fully saturated rings. The minimum Gasteiger partial charge on any atom is -0.497 e. The third kappa shape index (κ3) is 4.83. The molecular formula is C22H25ClN2O3. The minimum absolute atomic E-state index is 0. The number of hydrogen-bond acceptors (Lipinski definition) is 4. The van der Waals surface area contributed by atoms with Crippen LogP contribution >= 0.6 is 12.4 Å². The smallest absolute Gasteiger partial charge is 0.335 e. The van der Waals surface area contributed by atoms with E-state index in [1.165, 1.54) is 0 Å². The molecule has 3 rings (SSSR count). The van der Waals surface area contributed by atoms with E-state index in [4.69, 9.17) is 9.84 Å². The molecule has 2 N–H and O–H groups in total. The third-order valence-electron chi connectivity index (χ3n) is 5.47. The Morgan fingerprint density at radius 1 is 1.25 bits per heavy atom. The second-order valence-corrected chi connectivity index (χ2v) is 7.08. The number of nitrogens with one attached hydrogen (secondary N) is 1. The molecule has 0 spiro atoms. The van der Waals surface area contributed by atoms with Gasteiger partial charge in [-0.05, 0) is 61.1 Å². The summed E-state index contributed by atoms with van der Waals surface area (Å²) < 4.78 is 5.31. The third-order valence-corrected chi connectivity index (χ3v) is 5.47. The normalized spacial score (nSPS) is 21.2. The molecule has 6 heteroatoms. The van der Waals surface area contributed by atoms with Crippen LogP contribution in [0.3, 0.4) is 0 Å². The van der Waals surface area contributed by atoms with Gasteiger partial charge in [-0.25, -0.2) is 4.79 Å². The van der Waals surface area contributed by atoms with Crippen LogP contribution < -0.4 is 10.1 Å². The van der Waals surface area contributed by atoms with Crippen LogP contribution in [-0.2, 0) is 12.0 Å². The largest absolute Gasteiger partial charge is 0.497 e. The lowest BCUT2D eigenvalue weighted by molar-refractivity contribution is 0.0697. The molecule has 28 heavy (non-hydrogen) atoms. The van der Waals surface area contributed by atoms with E-state index in [9.17, 15) is 10.1 Å².